The van der Waals surface area contributed by atoms with Crippen molar-refractivity contribution in [3.63, 3.8) is 0 Å². The summed E-state index contributed by atoms with van der Waals surface area (Å²) in [6.45, 7) is 5.88. The number of nitrogens with zero attached hydrogens (tertiary/aromatic N) is 2. The Balaban J connectivity index is 2.47. The van der Waals surface area contributed by atoms with Crippen LogP contribution in [0.1, 0.15) is 33.6 Å². The third-order valence-corrected chi connectivity index (χ3v) is 3.07. The number of rotatable bonds is 3. The van der Waals surface area contributed by atoms with Gasteiger partial charge in [0.2, 0.25) is 5.91 Å². The molecule has 1 fully saturated rings. The monoisotopic (exact) mass is 273 g/mol. The lowest BCUT2D eigenvalue weighted by Crippen LogP contribution is -2.39. The van der Waals surface area contributed by atoms with Crippen LogP contribution in [0.15, 0.2) is 4.99 Å². The van der Waals surface area contributed by atoms with Crippen molar-refractivity contribution < 1.29 is 14.6 Å². The van der Waals surface area contributed by atoms with Crippen LogP contribution >= 0.6 is 12.6 Å². The molecular formula is C12H21N2O3S-. The molecule has 0 saturated carbocycles. The van der Waals surface area contributed by atoms with E-state index in [1.807, 2.05) is 0 Å². The van der Waals surface area contributed by atoms with Crippen molar-refractivity contribution in [1.82, 2.24) is 4.90 Å². The van der Waals surface area contributed by atoms with Gasteiger partial charge in [0, 0.05) is 23.9 Å². The molecule has 1 aliphatic heterocycles. The maximum Gasteiger partial charge on any atom is 0.244 e. The quantitative estimate of drug-likeness (QED) is 0.461. The maximum atomic E-state index is 11.9. The summed E-state index contributed by atoms with van der Waals surface area (Å²) in [6.07, 6.45) is 1.28. The minimum absolute atomic E-state index is 0.127. The second-order valence-electron chi connectivity index (χ2n) is 5.36. The second-order valence-corrected chi connectivity index (χ2v) is 5.73. The SMILES string of the molecule is CC(C)(C)OC([O-])=NCC(=O)N1CCC[C@@H]1CS. The first-order chi connectivity index (χ1) is 8.33. The Hall–Kier alpha value is -0.910. The van der Waals surface area contributed by atoms with Crippen molar-refractivity contribution in [2.45, 2.75) is 45.3 Å². The Morgan fingerprint density at radius 3 is 2.78 bits per heavy atom. The van der Waals surface area contributed by atoms with Gasteiger partial charge < -0.3 is 14.7 Å². The largest absolute Gasteiger partial charge is 0.595 e. The molecule has 1 rings (SSSR count). The van der Waals surface area contributed by atoms with Crippen LogP contribution in [0, 0.1) is 0 Å². The van der Waals surface area contributed by atoms with Crippen LogP contribution in [0.2, 0.25) is 0 Å². The van der Waals surface area contributed by atoms with Gasteiger partial charge >= 0.3 is 0 Å². The van der Waals surface area contributed by atoms with E-state index in [1.54, 1.807) is 25.7 Å². The lowest BCUT2D eigenvalue weighted by molar-refractivity contribution is -0.260. The molecule has 0 bridgehead atoms. The van der Waals surface area contributed by atoms with E-state index in [2.05, 4.69) is 17.6 Å². The molecule has 0 radical (unpaired) electrons. The summed E-state index contributed by atoms with van der Waals surface area (Å²) >= 11 is 4.22. The predicted octanol–water partition coefficient (Wildman–Crippen LogP) is 0.439. The smallest absolute Gasteiger partial charge is 0.244 e. The fraction of sp³-hybridized carbons (Fsp3) is 0.833. The van der Waals surface area contributed by atoms with Gasteiger partial charge in [0.25, 0.3) is 0 Å². The van der Waals surface area contributed by atoms with Crippen molar-refractivity contribution in [2.75, 3.05) is 18.8 Å². The van der Waals surface area contributed by atoms with Crippen molar-refractivity contribution in [3.8, 4) is 0 Å². The molecule has 0 spiro atoms. The topological polar surface area (TPSA) is 65.0 Å². The normalized spacial score (nSPS) is 21.2. The third kappa shape index (κ3) is 4.76. The summed E-state index contributed by atoms with van der Waals surface area (Å²) in [5.41, 5.74) is -0.578. The molecule has 1 saturated heterocycles. The standard InChI is InChI=1S/C12H22N2O3S/c1-12(2,3)17-11(16)13-7-10(15)14-6-4-5-9(14)8-18/h9,18H,4-8H2,1-3H3,(H,13,16)/p-1/t9-/m1/s1. The van der Waals surface area contributed by atoms with Crippen LogP contribution in [0.25, 0.3) is 0 Å². The lowest BCUT2D eigenvalue weighted by atomic mass is 10.2. The Kier molecular flexibility index (Phi) is 5.31. The molecule has 6 heteroatoms. The first-order valence-electron chi connectivity index (χ1n) is 6.14. The summed E-state index contributed by atoms with van der Waals surface area (Å²) in [4.78, 5) is 17.3. The molecule has 18 heavy (non-hydrogen) atoms. The molecule has 1 atom stereocenters. The summed E-state index contributed by atoms with van der Waals surface area (Å²) in [6, 6.07) is 0.176. The lowest BCUT2D eigenvalue weighted by Gasteiger charge is -2.29. The molecular weight excluding hydrogens is 252 g/mol. The molecule has 1 heterocycles. The van der Waals surface area contributed by atoms with Gasteiger partial charge in [-0.05, 0) is 12.8 Å². The highest BCUT2D eigenvalue weighted by Gasteiger charge is 2.26. The molecule has 104 valence electrons. The van der Waals surface area contributed by atoms with Crippen LogP contribution < -0.4 is 5.11 Å². The number of hydrogen-bond donors (Lipinski definition) is 1. The van der Waals surface area contributed by atoms with E-state index >= 15 is 0 Å². The molecule has 0 aliphatic carbocycles. The van der Waals surface area contributed by atoms with Gasteiger partial charge in [-0.2, -0.15) is 12.6 Å². The number of carbonyl (C=O) groups is 1. The highest BCUT2D eigenvalue weighted by atomic mass is 32.1. The number of ether oxygens (including phenoxy) is 1. The molecule has 0 unspecified atom stereocenters. The Morgan fingerprint density at radius 1 is 1.56 bits per heavy atom. The Bertz CT molecular complexity index is 326. The van der Waals surface area contributed by atoms with Gasteiger partial charge in [-0.15, -0.1) is 0 Å². The number of hydrogen-bond acceptors (Lipinski definition) is 5. The van der Waals surface area contributed by atoms with Crippen molar-refractivity contribution in [3.05, 3.63) is 0 Å². The highest BCUT2D eigenvalue weighted by Crippen LogP contribution is 2.18. The first kappa shape index (κ1) is 15.1. The van der Waals surface area contributed by atoms with E-state index in [4.69, 9.17) is 4.74 Å². The minimum Gasteiger partial charge on any atom is -0.595 e. The van der Waals surface area contributed by atoms with Crippen LogP contribution in [0.3, 0.4) is 0 Å². The van der Waals surface area contributed by atoms with E-state index < -0.39 is 11.7 Å². The van der Waals surface area contributed by atoms with Crippen LogP contribution in [-0.2, 0) is 9.53 Å². The van der Waals surface area contributed by atoms with E-state index in [9.17, 15) is 9.90 Å². The number of likely N-dealkylation sites (tertiary alicyclic amines) is 1. The summed E-state index contributed by atoms with van der Waals surface area (Å²) in [5, 5.41) is 11.4. The Morgan fingerprint density at radius 2 is 2.22 bits per heavy atom. The van der Waals surface area contributed by atoms with E-state index in [0.29, 0.717) is 5.75 Å². The average Bonchev–Trinajstić information content (AvgIpc) is 2.71. The zero-order valence-electron chi connectivity index (χ0n) is 11.2. The van der Waals surface area contributed by atoms with Gasteiger partial charge in [-0.3, -0.25) is 9.79 Å². The van der Waals surface area contributed by atoms with Gasteiger partial charge in [-0.1, -0.05) is 20.8 Å². The van der Waals surface area contributed by atoms with E-state index in [1.165, 1.54) is 0 Å². The molecule has 0 aromatic rings. The summed E-state index contributed by atoms with van der Waals surface area (Å²) < 4.78 is 5.01. The molecule has 1 amide bonds. The summed E-state index contributed by atoms with van der Waals surface area (Å²) in [5.74, 6) is 0.524. The maximum absolute atomic E-state index is 11.9. The first-order valence-corrected chi connectivity index (χ1v) is 6.77. The number of thiol groups is 1. The van der Waals surface area contributed by atoms with Crippen molar-refractivity contribution in [1.29, 1.82) is 0 Å². The zero-order chi connectivity index (χ0) is 13.8. The summed E-state index contributed by atoms with van der Waals surface area (Å²) in [7, 11) is 0. The van der Waals surface area contributed by atoms with Gasteiger partial charge in [-0.25, -0.2) is 0 Å². The molecule has 0 N–H and O–H groups in total. The van der Waals surface area contributed by atoms with Gasteiger partial charge in [0.1, 0.15) is 12.6 Å². The van der Waals surface area contributed by atoms with E-state index in [-0.39, 0.29) is 18.5 Å². The molecule has 0 aromatic carbocycles. The van der Waals surface area contributed by atoms with Crippen LogP contribution in [-0.4, -0.2) is 47.4 Å². The van der Waals surface area contributed by atoms with E-state index in [0.717, 1.165) is 19.4 Å². The number of amides is 1. The van der Waals surface area contributed by atoms with Crippen LogP contribution in [0.4, 0.5) is 0 Å². The number of aliphatic imine (C=N–C) groups is 1. The van der Waals surface area contributed by atoms with Crippen LogP contribution in [0.5, 0.6) is 0 Å². The Labute approximate surface area is 114 Å². The fourth-order valence-electron chi connectivity index (χ4n) is 1.87. The second kappa shape index (κ2) is 6.31. The molecule has 1 aliphatic rings. The third-order valence-electron chi connectivity index (χ3n) is 2.65. The number of carbonyl (C=O) groups excluding carboxylic acids is 1. The fourth-order valence-corrected chi connectivity index (χ4v) is 2.25. The van der Waals surface area contributed by atoms with Gasteiger partial charge in [0.15, 0.2) is 0 Å². The van der Waals surface area contributed by atoms with Crippen molar-refractivity contribution in [2.24, 2.45) is 4.99 Å². The zero-order valence-corrected chi connectivity index (χ0v) is 12.1. The minimum atomic E-state index is -0.683. The predicted molar refractivity (Wildman–Crippen MR) is 71.7 cm³/mol. The average molecular weight is 273 g/mol. The molecule has 0 aromatic heterocycles. The van der Waals surface area contributed by atoms with Gasteiger partial charge in [0.05, 0.1) is 0 Å². The van der Waals surface area contributed by atoms with Crippen molar-refractivity contribution >= 4 is 24.6 Å². The molecule has 5 nitrogen and oxygen atoms in total. The highest BCUT2D eigenvalue weighted by molar-refractivity contribution is 7.80.